The first-order valence-corrected chi connectivity index (χ1v) is 7.45. The van der Waals surface area contributed by atoms with Crippen LogP contribution in [0.4, 0.5) is 10.1 Å². The third-order valence-corrected chi connectivity index (χ3v) is 3.49. The molecular weight excluding hydrogens is 303 g/mol. The van der Waals surface area contributed by atoms with Gasteiger partial charge in [-0.1, -0.05) is 65.8 Å². The highest BCUT2D eigenvalue weighted by atomic mass is 19.1. The summed E-state index contributed by atoms with van der Waals surface area (Å²) in [6.45, 7) is 0. The highest BCUT2D eigenvalue weighted by Gasteiger charge is 2.15. The van der Waals surface area contributed by atoms with E-state index in [9.17, 15) is 9.60 Å². The van der Waals surface area contributed by atoms with E-state index in [1.54, 1.807) is 12.1 Å². The Morgan fingerprint density at radius 1 is 0.667 bits per heavy atom. The number of aliphatic imine (C=N–C) groups is 1. The predicted octanol–water partition coefficient (Wildman–Crippen LogP) is 4.83. The lowest BCUT2D eigenvalue weighted by atomic mass is 9.99. The number of halogens is 1. The summed E-state index contributed by atoms with van der Waals surface area (Å²) in [4.78, 5) is 4.58. The number of oxime groups is 1. The van der Waals surface area contributed by atoms with Crippen LogP contribution in [0.25, 0.3) is 0 Å². The standard InChI is InChI=1S/C20H15FN2O/c21-17-11-13-18(14-12-17)22-19(15-7-3-1-4-8-15)20(23-24)16-9-5-2-6-10-16/h1-14,24H/b22-19?,23-20+. The fourth-order valence-corrected chi connectivity index (χ4v) is 2.33. The van der Waals surface area contributed by atoms with Crippen LogP contribution in [0.15, 0.2) is 95.1 Å². The van der Waals surface area contributed by atoms with Crippen LogP contribution < -0.4 is 0 Å². The summed E-state index contributed by atoms with van der Waals surface area (Å²) in [5, 5.41) is 13.0. The van der Waals surface area contributed by atoms with Crippen molar-refractivity contribution in [2.45, 2.75) is 0 Å². The van der Waals surface area contributed by atoms with Crippen molar-refractivity contribution in [3.8, 4) is 0 Å². The van der Waals surface area contributed by atoms with E-state index in [4.69, 9.17) is 0 Å². The van der Waals surface area contributed by atoms with Gasteiger partial charge < -0.3 is 5.21 Å². The zero-order valence-corrected chi connectivity index (χ0v) is 12.8. The minimum absolute atomic E-state index is 0.325. The number of hydrogen-bond donors (Lipinski definition) is 1. The van der Waals surface area contributed by atoms with Crippen molar-refractivity contribution in [2.75, 3.05) is 0 Å². The Kier molecular flexibility index (Phi) is 4.77. The van der Waals surface area contributed by atoms with Gasteiger partial charge in [0.25, 0.3) is 0 Å². The van der Waals surface area contributed by atoms with Gasteiger partial charge in [0, 0.05) is 11.1 Å². The first-order valence-electron chi connectivity index (χ1n) is 7.45. The Morgan fingerprint density at radius 2 is 1.17 bits per heavy atom. The van der Waals surface area contributed by atoms with Gasteiger partial charge in [0.05, 0.1) is 5.69 Å². The van der Waals surface area contributed by atoms with Gasteiger partial charge in [0.1, 0.15) is 17.2 Å². The third-order valence-electron chi connectivity index (χ3n) is 3.49. The van der Waals surface area contributed by atoms with Crippen molar-refractivity contribution in [1.82, 2.24) is 0 Å². The molecule has 0 fully saturated rings. The Bertz CT molecular complexity index is 857. The van der Waals surface area contributed by atoms with E-state index in [1.807, 2.05) is 60.7 Å². The molecular formula is C20H15FN2O. The highest BCUT2D eigenvalue weighted by Crippen LogP contribution is 2.17. The quantitative estimate of drug-likeness (QED) is 0.418. The summed E-state index contributed by atoms with van der Waals surface area (Å²) in [7, 11) is 0. The van der Waals surface area contributed by atoms with Crippen molar-refractivity contribution in [2.24, 2.45) is 10.1 Å². The van der Waals surface area contributed by atoms with E-state index < -0.39 is 0 Å². The largest absolute Gasteiger partial charge is 0.410 e. The summed E-state index contributed by atoms with van der Waals surface area (Å²) >= 11 is 0. The first kappa shape index (κ1) is 15.6. The molecule has 0 saturated carbocycles. The monoisotopic (exact) mass is 318 g/mol. The zero-order chi connectivity index (χ0) is 16.8. The van der Waals surface area contributed by atoms with Crippen molar-refractivity contribution < 1.29 is 9.60 Å². The minimum atomic E-state index is -0.325. The molecule has 0 aromatic heterocycles. The average Bonchev–Trinajstić information content (AvgIpc) is 2.65. The van der Waals surface area contributed by atoms with Crippen molar-refractivity contribution >= 4 is 17.1 Å². The molecule has 3 rings (SSSR count). The molecule has 3 aromatic carbocycles. The maximum atomic E-state index is 13.1. The van der Waals surface area contributed by atoms with E-state index in [1.165, 1.54) is 12.1 Å². The fraction of sp³-hybridized carbons (Fsp3) is 0. The molecule has 3 aromatic rings. The number of nitrogens with zero attached hydrogens (tertiary/aromatic N) is 2. The van der Waals surface area contributed by atoms with Gasteiger partial charge in [-0.05, 0) is 24.3 Å². The number of rotatable bonds is 4. The fourth-order valence-electron chi connectivity index (χ4n) is 2.33. The average molecular weight is 318 g/mol. The summed E-state index contributed by atoms with van der Waals surface area (Å²) < 4.78 is 13.1. The highest BCUT2D eigenvalue weighted by molar-refractivity contribution is 6.53. The Balaban J connectivity index is 2.14. The number of hydrogen-bond acceptors (Lipinski definition) is 3. The van der Waals surface area contributed by atoms with Crippen LogP contribution in [0, 0.1) is 5.82 Å². The van der Waals surface area contributed by atoms with Crippen LogP contribution in [0.5, 0.6) is 0 Å². The second-order valence-corrected chi connectivity index (χ2v) is 5.12. The molecule has 1 N–H and O–H groups in total. The molecule has 0 radical (unpaired) electrons. The second kappa shape index (κ2) is 7.33. The van der Waals surface area contributed by atoms with E-state index >= 15 is 0 Å². The molecule has 0 aliphatic heterocycles. The molecule has 0 heterocycles. The van der Waals surface area contributed by atoms with Gasteiger partial charge >= 0.3 is 0 Å². The first-order chi connectivity index (χ1) is 11.8. The lowest BCUT2D eigenvalue weighted by Gasteiger charge is -2.09. The SMILES string of the molecule is O/N=C(/C(=Nc1ccc(F)cc1)c1ccccc1)c1ccccc1. The number of benzene rings is 3. The molecule has 0 spiro atoms. The van der Waals surface area contributed by atoms with Crippen molar-refractivity contribution in [3.05, 3.63) is 102 Å². The second-order valence-electron chi connectivity index (χ2n) is 5.12. The zero-order valence-electron chi connectivity index (χ0n) is 12.8. The molecule has 0 bridgehead atoms. The summed E-state index contributed by atoms with van der Waals surface area (Å²) in [5.41, 5.74) is 2.98. The van der Waals surface area contributed by atoms with E-state index in [0.29, 0.717) is 17.1 Å². The Hall–Kier alpha value is -3.27. The summed E-state index contributed by atoms with van der Waals surface area (Å²) in [5.74, 6) is -0.325. The van der Waals surface area contributed by atoms with Crippen LogP contribution in [-0.2, 0) is 0 Å². The molecule has 0 aliphatic rings. The molecule has 4 heteroatoms. The van der Waals surface area contributed by atoms with Crippen LogP contribution in [0.2, 0.25) is 0 Å². The maximum absolute atomic E-state index is 13.1. The Morgan fingerprint density at radius 3 is 1.67 bits per heavy atom. The molecule has 118 valence electrons. The normalized spacial score (nSPS) is 12.2. The van der Waals surface area contributed by atoms with Crippen LogP contribution in [-0.4, -0.2) is 16.6 Å². The van der Waals surface area contributed by atoms with Gasteiger partial charge in [-0.15, -0.1) is 0 Å². The molecule has 0 amide bonds. The third kappa shape index (κ3) is 3.55. The molecule has 0 saturated heterocycles. The summed E-state index contributed by atoms with van der Waals surface area (Å²) in [6.07, 6.45) is 0. The van der Waals surface area contributed by atoms with Gasteiger partial charge in [0.2, 0.25) is 0 Å². The van der Waals surface area contributed by atoms with Crippen LogP contribution in [0.1, 0.15) is 11.1 Å². The van der Waals surface area contributed by atoms with Gasteiger partial charge in [-0.2, -0.15) is 0 Å². The van der Waals surface area contributed by atoms with Crippen molar-refractivity contribution in [1.29, 1.82) is 0 Å². The smallest absolute Gasteiger partial charge is 0.136 e. The lowest BCUT2D eigenvalue weighted by Crippen LogP contribution is -2.17. The molecule has 24 heavy (non-hydrogen) atoms. The topological polar surface area (TPSA) is 45.0 Å². The molecule has 0 unspecified atom stereocenters. The molecule has 0 aliphatic carbocycles. The van der Waals surface area contributed by atoms with E-state index in [0.717, 1.165) is 11.1 Å². The van der Waals surface area contributed by atoms with E-state index in [2.05, 4.69) is 10.1 Å². The molecule has 0 atom stereocenters. The Labute approximate surface area is 139 Å². The van der Waals surface area contributed by atoms with Crippen LogP contribution >= 0.6 is 0 Å². The minimum Gasteiger partial charge on any atom is -0.410 e. The van der Waals surface area contributed by atoms with Gasteiger partial charge in [-0.3, -0.25) is 0 Å². The van der Waals surface area contributed by atoms with Crippen LogP contribution in [0.3, 0.4) is 0 Å². The maximum Gasteiger partial charge on any atom is 0.136 e. The lowest BCUT2D eigenvalue weighted by molar-refractivity contribution is 0.320. The molecule has 3 nitrogen and oxygen atoms in total. The predicted molar refractivity (Wildman–Crippen MR) is 93.8 cm³/mol. The van der Waals surface area contributed by atoms with Gasteiger partial charge in [-0.25, -0.2) is 9.38 Å². The van der Waals surface area contributed by atoms with E-state index in [-0.39, 0.29) is 5.82 Å². The summed E-state index contributed by atoms with van der Waals surface area (Å²) in [6, 6.07) is 24.6. The van der Waals surface area contributed by atoms with Crippen molar-refractivity contribution in [3.63, 3.8) is 0 Å². The van der Waals surface area contributed by atoms with Gasteiger partial charge in [0.15, 0.2) is 0 Å².